The predicted molar refractivity (Wildman–Crippen MR) is 318 cm³/mol. The number of rotatable bonds is 18. The van der Waals surface area contributed by atoms with Gasteiger partial charge < -0.3 is 41.5 Å². The van der Waals surface area contributed by atoms with Crippen LogP contribution in [0.2, 0.25) is 0 Å². The Bertz CT molecular complexity index is 3770. The molecule has 0 saturated carbocycles. The first kappa shape index (κ1) is 53.5. The van der Waals surface area contributed by atoms with Gasteiger partial charge in [0.1, 0.15) is 50.6 Å². The molecule has 23 heteroatoms. The van der Waals surface area contributed by atoms with Gasteiger partial charge in [0.15, 0.2) is 17.5 Å². The Labute approximate surface area is 471 Å². The van der Waals surface area contributed by atoms with Crippen LogP contribution in [-0.4, -0.2) is 131 Å². The number of aliphatic hydroxyl groups excluding tert-OH is 1. The van der Waals surface area contributed by atoms with E-state index in [0.717, 1.165) is 149 Å². The number of nitrogens with one attached hydrogen (secondary N) is 5. The lowest BCUT2D eigenvalue weighted by Gasteiger charge is -2.36. The van der Waals surface area contributed by atoms with Crippen LogP contribution in [0, 0.1) is 20.8 Å². The maximum atomic E-state index is 11.9. The van der Waals surface area contributed by atoms with Crippen LogP contribution in [-0.2, 0) is 40.4 Å². The van der Waals surface area contributed by atoms with Gasteiger partial charge >= 0.3 is 0 Å². The molecule has 12 rings (SSSR count). The zero-order valence-electron chi connectivity index (χ0n) is 48.0. The molecule has 0 bridgehead atoms. The van der Waals surface area contributed by atoms with Crippen molar-refractivity contribution in [3.8, 4) is 0 Å². The molecule has 23 nitrogen and oxygen atoms in total. The second kappa shape index (κ2) is 22.4. The molecule has 9 aromatic heterocycles. The first-order valence-corrected chi connectivity index (χ1v) is 28.9. The maximum absolute atomic E-state index is 11.9. The molecule has 0 amide bonds. The maximum Gasteiger partial charge on any atom is 0.228 e. The number of nitrogens with zero attached hydrogens (tertiary/aromatic N) is 17. The molecule has 3 aliphatic rings. The quantitative estimate of drug-likeness (QED) is 0.0475. The fraction of sp³-hybridized carbons (Fsp3) is 0.483. The molecule has 0 aromatic carbocycles. The molecule has 3 saturated heterocycles. The van der Waals surface area contributed by atoms with E-state index in [1.807, 2.05) is 72.6 Å². The molecule has 422 valence electrons. The zero-order chi connectivity index (χ0) is 56.1. The fourth-order valence-electron chi connectivity index (χ4n) is 11.8. The van der Waals surface area contributed by atoms with Gasteiger partial charge in [0.25, 0.3) is 0 Å². The molecule has 81 heavy (non-hydrogen) atoms. The molecular weight excluding hydrogens is 1020 g/mol. The molecule has 12 heterocycles. The topological polar surface area (TPSA) is 256 Å². The van der Waals surface area contributed by atoms with Crippen molar-refractivity contribution in [1.29, 1.82) is 0 Å². The van der Waals surface area contributed by atoms with Crippen molar-refractivity contribution in [2.45, 2.75) is 123 Å². The Kier molecular flexibility index (Phi) is 14.8. The third-order valence-electron chi connectivity index (χ3n) is 16.0. The van der Waals surface area contributed by atoms with E-state index in [9.17, 15) is 5.11 Å². The summed E-state index contributed by atoms with van der Waals surface area (Å²) in [6.45, 7) is 16.9. The number of piperidine rings is 2. The van der Waals surface area contributed by atoms with E-state index in [1.54, 1.807) is 0 Å². The molecule has 0 radical (unpaired) electrons. The molecule has 6 N–H and O–H groups in total. The number of fused-ring (bicyclic) bond motifs is 3. The second-order valence-electron chi connectivity index (χ2n) is 22.3. The lowest BCUT2D eigenvalue weighted by Crippen LogP contribution is -2.51. The van der Waals surface area contributed by atoms with Crippen molar-refractivity contribution in [2.24, 2.45) is 21.1 Å². The van der Waals surface area contributed by atoms with E-state index in [1.165, 1.54) is 0 Å². The van der Waals surface area contributed by atoms with Gasteiger partial charge in [-0.05, 0) is 94.2 Å². The first-order valence-electron chi connectivity index (χ1n) is 28.9. The van der Waals surface area contributed by atoms with Crippen molar-refractivity contribution in [1.82, 2.24) is 79.5 Å². The summed E-state index contributed by atoms with van der Waals surface area (Å²) in [7, 11) is 5.83. The Balaban J connectivity index is 0.832. The minimum atomic E-state index is -0.643. The van der Waals surface area contributed by atoms with Gasteiger partial charge in [-0.2, -0.15) is 30.2 Å². The van der Waals surface area contributed by atoms with Crippen molar-refractivity contribution in [3.63, 3.8) is 0 Å². The highest BCUT2D eigenvalue weighted by Gasteiger charge is 2.35. The zero-order valence-corrected chi connectivity index (χ0v) is 48.0. The van der Waals surface area contributed by atoms with Gasteiger partial charge in [0.2, 0.25) is 17.8 Å². The van der Waals surface area contributed by atoms with Crippen LogP contribution in [0.5, 0.6) is 0 Å². The summed E-state index contributed by atoms with van der Waals surface area (Å²) in [5, 5.41) is 44.2. The molecule has 9 aromatic rings. The molecule has 3 atom stereocenters. The normalized spacial score (nSPS) is 17.8. The van der Waals surface area contributed by atoms with E-state index in [0.29, 0.717) is 78.8 Å². The second-order valence-corrected chi connectivity index (χ2v) is 22.3. The number of hydrogen-bond acceptors (Lipinski definition) is 20. The van der Waals surface area contributed by atoms with Gasteiger partial charge in [-0.1, -0.05) is 58.2 Å². The van der Waals surface area contributed by atoms with Crippen molar-refractivity contribution < 1.29 is 5.11 Å². The lowest BCUT2D eigenvalue weighted by molar-refractivity contribution is 0.120. The van der Waals surface area contributed by atoms with E-state index >= 15 is 0 Å². The lowest BCUT2D eigenvalue weighted by atomic mass is 9.89. The summed E-state index contributed by atoms with van der Waals surface area (Å²) >= 11 is 0. The molecule has 3 fully saturated rings. The van der Waals surface area contributed by atoms with Gasteiger partial charge in [-0.3, -0.25) is 14.0 Å². The van der Waals surface area contributed by atoms with E-state index in [-0.39, 0.29) is 17.9 Å². The number of pyridine rings is 3. The molecular formula is C58H74N22O. The molecule has 3 aliphatic heterocycles. The van der Waals surface area contributed by atoms with Gasteiger partial charge in [0.05, 0.1) is 40.6 Å². The van der Waals surface area contributed by atoms with Gasteiger partial charge in [-0.25, -0.2) is 29.9 Å². The average molecular weight is 1100 g/mol. The Morgan fingerprint density at radius 3 is 1.63 bits per heavy atom. The van der Waals surface area contributed by atoms with Crippen molar-refractivity contribution in [3.05, 3.63) is 87.8 Å². The highest BCUT2D eigenvalue weighted by molar-refractivity contribution is 5.92. The van der Waals surface area contributed by atoms with Crippen LogP contribution in [0.3, 0.4) is 0 Å². The number of aryl methyl sites for hydroxylation is 9. The summed E-state index contributed by atoms with van der Waals surface area (Å²) in [6.07, 6.45) is 8.77. The third kappa shape index (κ3) is 10.6. The minimum Gasteiger partial charge on any atom is -0.392 e. The Morgan fingerprint density at radius 2 is 1.09 bits per heavy atom. The largest absolute Gasteiger partial charge is 0.392 e. The van der Waals surface area contributed by atoms with Crippen LogP contribution in [0.4, 0.5) is 52.8 Å². The smallest absolute Gasteiger partial charge is 0.228 e. The summed E-state index contributed by atoms with van der Waals surface area (Å²) < 4.78 is 5.61. The molecule has 0 aliphatic carbocycles. The summed E-state index contributed by atoms with van der Waals surface area (Å²) in [5.74, 6) is 5.45. The SMILES string of the molecule is CCCc1nn(C)c2c(Nc3ccc(C)c(C4CCCN(c5nc(Nc6ccc(C)c(C7CN(c8nc(Nc9ccc(C)cn9)c9c(n8)c(CCC)nn9C)CCC7O)n6)c6c(n5)c(CCC)nn6C)C4)n3)nc(NC3CNC3)nc12. The minimum absolute atomic E-state index is 0.104. The van der Waals surface area contributed by atoms with Crippen molar-refractivity contribution >= 4 is 85.9 Å². The Hall–Kier alpha value is -8.18. The summed E-state index contributed by atoms with van der Waals surface area (Å²) in [4.78, 5) is 50.7. The first-order chi connectivity index (χ1) is 39.3. The molecule has 0 spiro atoms. The van der Waals surface area contributed by atoms with Crippen LogP contribution in [0.25, 0.3) is 33.1 Å². The number of aromatic nitrogens is 15. The van der Waals surface area contributed by atoms with E-state index in [4.69, 9.17) is 55.2 Å². The van der Waals surface area contributed by atoms with Crippen LogP contribution < -0.4 is 36.4 Å². The number of aliphatic hydroxyl groups is 1. The third-order valence-corrected chi connectivity index (χ3v) is 16.0. The summed E-state index contributed by atoms with van der Waals surface area (Å²) in [5.41, 5.74) is 12.7. The van der Waals surface area contributed by atoms with Crippen LogP contribution >= 0.6 is 0 Å². The number of anilines is 9. The van der Waals surface area contributed by atoms with E-state index in [2.05, 4.69) is 88.1 Å². The Morgan fingerprint density at radius 1 is 0.568 bits per heavy atom. The molecule has 3 unspecified atom stereocenters. The highest BCUT2D eigenvalue weighted by Crippen LogP contribution is 2.38. The number of hydrogen-bond donors (Lipinski definition) is 6. The van der Waals surface area contributed by atoms with E-state index < -0.39 is 6.10 Å². The average Bonchev–Trinajstić information content (AvgIpc) is 4.31. The van der Waals surface area contributed by atoms with Gasteiger partial charge in [0, 0.05) is 78.4 Å². The predicted octanol–water partition coefficient (Wildman–Crippen LogP) is 8.04. The summed E-state index contributed by atoms with van der Waals surface area (Å²) in [6, 6.07) is 12.5. The van der Waals surface area contributed by atoms with Crippen molar-refractivity contribution in [2.75, 3.05) is 70.3 Å². The fourth-order valence-corrected chi connectivity index (χ4v) is 11.8. The van der Waals surface area contributed by atoms with Crippen LogP contribution in [0.15, 0.2) is 42.6 Å². The highest BCUT2D eigenvalue weighted by atomic mass is 16.3. The van der Waals surface area contributed by atoms with Crippen LogP contribution in [0.1, 0.15) is 116 Å². The monoisotopic (exact) mass is 1090 g/mol. The standard InChI is InChI=1S/C58H74N22O/c1-10-14-38-47-50(76(7)73-38)53(70-56(67-47)61-36-28-59-29-36)65-43-22-19-33(5)45(62-43)35-17-13-25-79(30-35)57-68-49-40(16-12-3)75-78(9)52(49)55(72-57)66-44-23-20-34(6)46(63-44)37-31-80(26-24-41(37)81)58-69-48-39(15-11-2)74-77(8)51(48)54(71-58)64-42-21-18-32(4)27-60-42/h18-23,27,35-37,41,59,81H,10-17,24-26,28-31H2,1-9H3,(H,60,64,69,71)(H,63,66,68,72)(H2,61,62,65,67,70). The van der Waals surface area contributed by atoms with Gasteiger partial charge in [-0.15, -0.1) is 0 Å².